The van der Waals surface area contributed by atoms with E-state index in [-0.39, 0.29) is 11.5 Å². The van der Waals surface area contributed by atoms with E-state index in [0.717, 1.165) is 16.8 Å². The molecular formula is C12H29NO2PS+. The first-order chi connectivity index (χ1) is 7.33. The minimum Gasteiger partial charge on any atom is -0.330 e. The van der Waals surface area contributed by atoms with Crippen molar-refractivity contribution < 1.29 is 13.6 Å². The maximum absolute atomic E-state index is 12.3. The van der Waals surface area contributed by atoms with Gasteiger partial charge >= 0.3 is 0 Å². The molecule has 2 atom stereocenters. The molecule has 2 unspecified atom stereocenters. The zero-order valence-electron chi connectivity index (χ0n) is 12.6. The van der Waals surface area contributed by atoms with Gasteiger partial charge in [0.25, 0.3) is 6.57 Å². The van der Waals surface area contributed by atoms with Crippen molar-refractivity contribution in [2.45, 2.75) is 33.8 Å². The minimum atomic E-state index is -2.52. The minimum absolute atomic E-state index is 0.00922. The summed E-state index contributed by atoms with van der Waals surface area (Å²) >= 11 is 1.47. The predicted octanol–water partition coefficient (Wildman–Crippen LogP) is 3.70. The van der Waals surface area contributed by atoms with Crippen LogP contribution in [-0.2, 0) is 9.09 Å². The van der Waals surface area contributed by atoms with Crippen LogP contribution in [0.4, 0.5) is 0 Å². The highest BCUT2D eigenvalue weighted by Gasteiger charge is 2.28. The topological polar surface area (TPSA) is 26.3 Å². The molecule has 0 spiro atoms. The van der Waals surface area contributed by atoms with Crippen molar-refractivity contribution in [2.24, 2.45) is 5.41 Å². The van der Waals surface area contributed by atoms with Gasteiger partial charge in [-0.05, 0) is 12.3 Å². The first-order valence-corrected chi connectivity index (χ1v) is 9.71. The molecule has 0 aliphatic rings. The van der Waals surface area contributed by atoms with Gasteiger partial charge in [-0.1, -0.05) is 32.2 Å². The number of hydrogen-bond acceptors (Lipinski definition) is 3. The fourth-order valence-corrected chi connectivity index (χ4v) is 4.68. The van der Waals surface area contributed by atoms with E-state index in [1.807, 2.05) is 6.92 Å². The van der Waals surface area contributed by atoms with Crippen molar-refractivity contribution in [3.05, 3.63) is 0 Å². The fraction of sp³-hybridized carbons (Fsp3) is 1.00. The summed E-state index contributed by atoms with van der Waals surface area (Å²) in [5, 5.41) is 0. The van der Waals surface area contributed by atoms with Crippen LogP contribution in [0, 0.1) is 5.41 Å². The molecule has 0 amide bonds. The van der Waals surface area contributed by atoms with Crippen LogP contribution in [0.2, 0.25) is 0 Å². The Morgan fingerprint density at radius 2 is 1.76 bits per heavy atom. The Labute approximate surface area is 111 Å². The molecule has 0 heterocycles. The van der Waals surface area contributed by atoms with E-state index >= 15 is 0 Å². The Kier molecular flexibility index (Phi) is 6.28. The first kappa shape index (κ1) is 17.5. The smallest absolute Gasteiger partial charge is 0.255 e. The van der Waals surface area contributed by atoms with Gasteiger partial charge in [0.05, 0.1) is 39.5 Å². The van der Waals surface area contributed by atoms with Crippen LogP contribution in [-0.4, -0.2) is 50.7 Å². The largest absolute Gasteiger partial charge is 0.330 e. The molecule has 3 nitrogen and oxygen atoms in total. The number of hydrogen-bond donors (Lipinski definition) is 0. The van der Waals surface area contributed by atoms with E-state index in [2.05, 4.69) is 41.9 Å². The Morgan fingerprint density at radius 1 is 1.29 bits per heavy atom. The maximum Gasteiger partial charge on any atom is 0.255 e. The normalized spacial score (nSPS) is 18.8. The maximum atomic E-state index is 12.3. The average molecular weight is 282 g/mol. The molecule has 0 aliphatic carbocycles. The molecule has 0 rings (SSSR count). The lowest BCUT2D eigenvalue weighted by molar-refractivity contribution is -0.867. The van der Waals surface area contributed by atoms with Crippen LogP contribution in [0.5, 0.6) is 0 Å². The van der Waals surface area contributed by atoms with Gasteiger partial charge in [0, 0.05) is 6.66 Å². The van der Waals surface area contributed by atoms with Crippen molar-refractivity contribution in [1.29, 1.82) is 0 Å². The second-order valence-corrected chi connectivity index (χ2v) is 11.9. The summed E-state index contributed by atoms with van der Waals surface area (Å²) in [4.78, 5) is 0. The van der Waals surface area contributed by atoms with Gasteiger partial charge in [-0.2, -0.15) is 0 Å². The van der Waals surface area contributed by atoms with Gasteiger partial charge in [0.15, 0.2) is 0 Å². The Morgan fingerprint density at radius 3 is 2.12 bits per heavy atom. The molecule has 0 saturated heterocycles. The summed E-state index contributed by atoms with van der Waals surface area (Å²) in [6.45, 7) is 8.52. The molecule has 0 N–H and O–H groups in total. The fourth-order valence-electron chi connectivity index (χ4n) is 0.956. The third-order valence-electron chi connectivity index (χ3n) is 2.66. The van der Waals surface area contributed by atoms with Crippen LogP contribution in [0.3, 0.4) is 0 Å². The Bertz CT molecular complexity index is 281. The number of nitrogens with zero attached hydrogens (tertiary/aromatic N) is 1. The molecule has 0 fully saturated rings. The highest BCUT2D eigenvalue weighted by molar-refractivity contribution is 8.56. The Hall–Kier alpha value is 0.500. The lowest BCUT2D eigenvalue weighted by Gasteiger charge is -2.30. The molecular weight excluding hydrogens is 253 g/mol. The van der Waals surface area contributed by atoms with E-state index in [0.29, 0.717) is 0 Å². The highest BCUT2D eigenvalue weighted by Crippen LogP contribution is 2.58. The third-order valence-corrected chi connectivity index (χ3v) is 6.40. The van der Waals surface area contributed by atoms with Gasteiger partial charge in [-0.3, -0.25) is 4.57 Å². The van der Waals surface area contributed by atoms with Gasteiger partial charge in [0.1, 0.15) is 0 Å². The van der Waals surface area contributed by atoms with Gasteiger partial charge < -0.3 is 9.01 Å². The monoisotopic (exact) mass is 282 g/mol. The molecule has 0 aromatic rings. The van der Waals surface area contributed by atoms with Crippen LogP contribution in [0.1, 0.15) is 27.7 Å². The van der Waals surface area contributed by atoms with Crippen molar-refractivity contribution >= 4 is 18.0 Å². The summed E-state index contributed by atoms with van der Waals surface area (Å²) in [6, 6.07) is 0. The molecule has 0 saturated carbocycles. The summed E-state index contributed by atoms with van der Waals surface area (Å²) < 4.78 is 18.9. The van der Waals surface area contributed by atoms with Crippen LogP contribution in [0.25, 0.3) is 0 Å². The summed E-state index contributed by atoms with van der Waals surface area (Å²) in [7, 11) is 6.42. The summed E-state index contributed by atoms with van der Waals surface area (Å²) in [5.41, 5.74) is 0.0340. The van der Waals surface area contributed by atoms with Crippen molar-refractivity contribution in [1.82, 2.24) is 0 Å². The number of rotatable bonds is 6. The van der Waals surface area contributed by atoms with Gasteiger partial charge in [-0.15, -0.1) is 0 Å². The zero-order chi connectivity index (χ0) is 13.9. The van der Waals surface area contributed by atoms with Crippen molar-refractivity contribution in [3.8, 4) is 0 Å². The highest BCUT2D eigenvalue weighted by atomic mass is 32.7. The van der Waals surface area contributed by atoms with E-state index in [9.17, 15) is 4.57 Å². The first-order valence-electron chi connectivity index (χ1n) is 6.04. The van der Waals surface area contributed by atoms with E-state index in [1.165, 1.54) is 11.4 Å². The standard InChI is InChI=1S/C12H29NO2PS/c1-11(12(2,3)4)15-16(8,14)17-10-9-13(5,6)7/h11H,9-10H2,1-8H3/q+1. The van der Waals surface area contributed by atoms with Crippen LogP contribution in [0.15, 0.2) is 0 Å². The number of quaternary nitrogens is 1. The zero-order valence-corrected chi connectivity index (χ0v) is 14.3. The molecule has 104 valence electrons. The quantitative estimate of drug-likeness (QED) is 0.549. The Balaban J connectivity index is 4.18. The molecule has 0 aromatic heterocycles. The average Bonchev–Trinajstić information content (AvgIpc) is 1.97. The summed E-state index contributed by atoms with van der Waals surface area (Å²) in [5.74, 6) is 0.869. The lowest BCUT2D eigenvalue weighted by atomic mass is 9.91. The van der Waals surface area contributed by atoms with Crippen LogP contribution >= 0.6 is 18.0 Å². The van der Waals surface area contributed by atoms with Crippen LogP contribution < -0.4 is 0 Å². The lowest BCUT2D eigenvalue weighted by Crippen LogP contribution is -2.36. The van der Waals surface area contributed by atoms with Gasteiger partial charge in [-0.25, -0.2) is 0 Å². The molecule has 0 radical (unpaired) electrons. The summed E-state index contributed by atoms with van der Waals surface area (Å²) in [6.07, 6.45) is 0.00922. The predicted molar refractivity (Wildman–Crippen MR) is 78.9 cm³/mol. The second kappa shape index (κ2) is 6.10. The molecule has 5 heteroatoms. The third kappa shape index (κ3) is 9.12. The van der Waals surface area contributed by atoms with Gasteiger partial charge in [0.2, 0.25) is 0 Å². The van der Waals surface area contributed by atoms with Crippen molar-refractivity contribution in [2.75, 3.05) is 40.1 Å². The van der Waals surface area contributed by atoms with E-state index in [1.54, 1.807) is 6.66 Å². The van der Waals surface area contributed by atoms with E-state index < -0.39 is 6.57 Å². The second-order valence-electron chi connectivity index (χ2n) is 6.73. The molecule has 0 aliphatic heterocycles. The SMILES string of the molecule is CC(OP(C)(=O)SCC[N+](C)(C)C)C(C)(C)C. The molecule has 0 bridgehead atoms. The van der Waals surface area contributed by atoms with Crippen molar-refractivity contribution in [3.63, 3.8) is 0 Å². The van der Waals surface area contributed by atoms with E-state index in [4.69, 9.17) is 4.52 Å². The molecule has 0 aromatic carbocycles. The molecule has 17 heavy (non-hydrogen) atoms.